The Labute approximate surface area is 141 Å². The van der Waals surface area contributed by atoms with E-state index in [1.54, 1.807) is 30.3 Å². The first-order chi connectivity index (χ1) is 10.8. The zero-order valence-corrected chi connectivity index (χ0v) is 16.1. The number of benzene rings is 1. The lowest BCUT2D eigenvalue weighted by Crippen LogP contribution is -2.17. The van der Waals surface area contributed by atoms with Crippen LogP contribution < -0.4 is 0 Å². The van der Waals surface area contributed by atoms with Crippen molar-refractivity contribution in [3.8, 4) is 0 Å². The zero-order chi connectivity index (χ0) is 17.1. The van der Waals surface area contributed by atoms with Gasteiger partial charge in [-0.15, -0.1) is 0 Å². The van der Waals surface area contributed by atoms with Crippen LogP contribution >= 0.6 is 0 Å². The van der Waals surface area contributed by atoms with E-state index in [2.05, 4.69) is 31.9 Å². The highest BCUT2D eigenvalue weighted by molar-refractivity contribution is 7.95. The summed E-state index contributed by atoms with van der Waals surface area (Å²) in [5, 5.41) is 0. The predicted octanol–water partition coefficient (Wildman–Crippen LogP) is 5.28. The van der Waals surface area contributed by atoms with E-state index in [0.29, 0.717) is 16.2 Å². The van der Waals surface area contributed by atoms with Crippen molar-refractivity contribution in [2.75, 3.05) is 0 Å². The highest BCUT2D eigenvalue weighted by Crippen LogP contribution is 2.35. The molecule has 0 bridgehead atoms. The maximum absolute atomic E-state index is 13.1. The average Bonchev–Trinajstić information content (AvgIpc) is 2.68. The van der Waals surface area contributed by atoms with E-state index < -0.39 is 17.9 Å². The third kappa shape index (κ3) is 4.33. The van der Waals surface area contributed by atoms with Crippen LogP contribution in [0.25, 0.3) is 0 Å². The second kappa shape index (κ2) is 7.01. The minimum atomic E-state index is -3.45. The lowest BCUT2D eigenvalue weighted by molar-refractivity contribution is 0.599. The zero-order valence-electron chi connectivity index (χ0n) is 14.3. The van der Waals surface area contributed by atoms with E-state index in [1.165, 1.54) is 5.57 Å². The third-order valence-electron chi connectivity index (χ3n) is 3.94. The molecular formula is C19H26O2SSi. The average molecular weight is 347 g/mol. The Bertz CT molecular complexity index is 735. The summed E-state index contributed by atoms with van der Waals surface area (Å²) >= 11 is 0. The van der Waals surface area contributed by atoms with Gasteiger partial charge in [-0.3, -0.25) is 0 Å². The predicted molar refractivity (Wildman–Crippen MR) is 101 cm³/mol. The molecule has 0 radical (unpaired) electrons. The van der Waals surface area contributed by atoms with Crippen molar-refractivity contribution in [3.05, 3.63) is 64.7 Å². The van der Waals surface area contributed by atoms with Crippen molar-refractivity contribution in [3.63, 3.8) is 0 Å². The van der Waals surface area contributed by atoms with Gasteiger partial charge in [-0.2, -0.15) is 0 Å². The molecule has 124 valence electrons. The van der Waals surface area contributed by atoms with Gasteiger partial charge < -0.3 is 0 Å². The summed E-state index contributed by atoms with van der Waals surface area (Å²) in [6.07, 6.45) is 5.22. The van der Waals surface area contributed by atoms with Gasteiger partial charge in [-0.05, 0) is 49.0 Å². The minimum Gasteiger partial charge on any atom is -0.219 e. The maximum atomic E-state index is 13.1. The van der Waals surface area contributed by atoms with Gasteiger partial charge in [0.15, 0.2) is 0 Å². The van der Waals surface area contributed by atoms with Crippen LogP contribution in [0.4, 0.5) is 0 Å². The molecule has 0 saturated heterocycles. The van der Waals surface area contributed by atoms with Gasteiger partial charge in [-0.25, -0.2) is 8.42 Å². The Morgan fingerprint density at radius 1 is 1.04 bits per heavy atom. The van der Waals surface area contributed by atoms with E-state index >= 15 is 0 Å². The number of rotatable bonds is 4. The van der Waals surface area contributed by atoms with Crippen LogP contribution in [0.5, 0.6) is 0 Å². The molecule has 2 nitrogen and oxygen atoms in total. The Morgan fingerprint density at radius 3 is 2.22 bits per heavy atom. The number of hydrogen-bond acceptors (Lipinski definition) is 2. The molecule has 0 aromatic heterocycles. The van der Waals surface area contributed by atoms with Gasteiger partial charge in [0.05, 0.1) is 17.9 Å². The fraction of sp³-hybridized carbons (Fsp3) is 0.368. The molecule has 0 N–H and O–H groups in total. The van der Waals surface area contributed by atoms with E-state index in [4.69, 9.17) is 0 Å². The molecule has 0 aliphatic heterocycles. The lowest BCUT2D eigenvalue weighted by atomic mass is 10.1. The quantitative estimate of drug-likeness (QED) is 0.695. The molecule has 1 aliphatic carbocycles. The molecule has 1 aromatic carbocycles. The highest BCUT2D eigenvalue weighted by Gasteiger charge is 2.27. The normalized spacial score (nSPS) is 18.8. The summed E-state index contributed by atoms with van der Waals surface area (Å²) in [4.78, 5) is 0.921. The van der Waals surface area contributed by atoms with Crippen molar-refractivity contribution in [2.24, 2.45) is 0 Å². The highest BCUT2D eigenvalue weighted by atomic mass is 32.2. The van der Waals surface area contributed by atoms with Crippen LogP contribution in [0.1, 0.15) is 25.7 Å². The number of hydrogen-bond donors (Lipinski definition) is 0. The lowest BCUT2D eigenvalue weighted by Gasteiger charge is -2.17. The maximum Gasteiger partial charge on any atom is 0.203 e. The molecule has 1 aliphatic rings. The largest absolute Gasteiger partial charge is 0.219 e. The summed E-state index contributed by atoms with van der Waals surface area (Å²) in [6.45, 7) is 10.7. The van der Waals surface area contributed by atoms with E-state index in [0.717, 1.165) is 24.8 Å². The minimum absolute atomic E-state index is 0.378. The Balaban J connectivity index is 2.65. The number of sulfone groups is 1. The van der Waals surface area contributed by atoms with Crippen LogP contribution in [0, 0.1) is 0 Å². The number of allylic oxidation sites excluding steroid dienone is 4. The van der Waals surface area contributed by atoms with E-state index in [1.807, 2.05) is 6.07 Å². The van der Waals surface area contributed by atoms with Crippen molar-refractivity contribution >= 4 is 17.9 Å². The van der Waals surface area contributed by atoms with Crippen LogP contribution in [-0.2, 0) is 9.84 Å². The summed E-state index contributed by atoms with van der Waals surface area (Å²) < 4.78 is 26.2. The molecule has 0 unspecified atom stereocenters. The van der Waals surface area contributed by atoms with Gasteiger partial charge in [0, 0.05) is 0 Å². The molecule has 0 saturated carbocycles. The first-order valence-corrected chi connectivity index (χ1v) is 13.2. The molecular weight excluding hydrogens is 320 g/mol. The van der Waals surface area contributed by atoms with Gasteiger partial charge in [0.25, 0.3) is 0 Å². The second-order valence-electron chi connectivity index (χ2n) is 7.10. The summed E-state index contributed by atoms with van der Waals surface area (Å²) in [7, 11) is -4.88. The van der Waals surface area contributed by atoms with Gasteiger partial charge in [0.2, 0.25) is 9.84 Å². The topological polar surface area (TPSA) is 34.1 Å². The van der Waals surface area contributed by atoms with Crippen LogP contribution in [-0.4, -0.2) is 16.5 Å². The molecule has 2 rings (SSSR count). The second-order valence-corrected chi connectivity index (χ2v) is 14.1. The first kappa shape index (κ1) is 18.0. The third-order valence-corrected chi connectivity index (χ3v) is 7.12. The van der Waals surface area contributed by atoms with Gasteiger partial charge >= 0.3 is 0 Å². The smallest absolute Gasteiger partial charge is 0.203 e. The fourth-order valence-electron chi connectivity index (χ4n) is 2.99. The molecule has 4 heteroatoms. The summed E-state index contributed by atoms with van der Waals surface area (Å²) in [5.41, 5.74) is 4.34. The van der Waals surface area contributed by atoms with Crippen molar-refractivity contribution in [1.82, 2.24) is 0 Å². The Morgan fingerprint density at radius 2 is 1.65 bits per heavy atom. The molecule has 0 atom stereocenters. The summed E-state index contributed by atoms with van der Waals surface area (Å²) in [6, 6.07) is 8.74. The fourth-order valence-corrected chi connectivity index (χ4v) is 6.05. The van der Waals surface area contributed by atoms with Gasteiger partial charge in [-0.1, -0.05) is 56.2 Å². The van der Waals surface area contributed by atoms with Crippen molar-refractivity contribution in [1.29, 1.82) is 0 Å². The Kier molecular flexibility index (Phi) is 5.47. The standard InChI is InChI=1S/C19H26O2SSi/c1-5-18-16(15-23(2,3)4)11-9-10-14-19(18)22(20,21)17-12-7-6-8-13-17/h5-8,12-13,15H,1,9-11,14H2,2-4H3/b16-15+. The van der Waals surface area contributed by atoms with E-state index in [9.17, 15) is 8.42 Å². The van der Waals surface area contributed by atoms with Crippen LogP contribution in [0.2, 0.25) is 19.6 Å². The van der Waals surface area contributed by atoms with Crippen LogP contribution in [0.3, 0.4) is 0 Å². The Hall–Kier alpha value is -1.39. The SMILES string of the molecule is C=CC1=C(S(=O)(=O)c2ccccc2)CCCC/C1=C\[Si](C)(C)C. The van der Waals surface area contributed by atoms with Gasteiger partial charge in [0.1, 0.15) is 0 Å². The molecule has 0 heterocycles. The summed E-state index contributed by atoms with van der Waals surface area (Å²) in [5.74, 6) is 0. The molecule has 23 heavy (non-hydrogen) atoms. The molecule has 0 fully saturated rings. The van der Waals surface area contributed by atoms with Crippen LogP contribution in [0.15, 0.2) is 69.6 Å². The monoisotopic (exact) mass is 346 g/mol. The molecule has 0 spiro atoms. The van der Waals surface area contributed by atoms with E-state index in [-0.39, 0.29) is 0 Å². The first-order valence-electron chi connectivity index (χ1n) is 8.13. The molecule has 1 aromatic rings. The van der Waals surface area contributed by atoms with Crippen molar-refractivity contribution < 1.29 is 8.42 Å². The molecule has 0 amide bonds. The van der Waals surface area contributed by atoms with Crippen molar-refractivity contribution in [2.45, 2.75) is 50.2 Å².